The second-order valence-electron chi connectivity index (χ2n) is 4.57. The van der Waals surface area contributed by atoms with Gasteiger partial charge >= 0.3 is 5.97 Å². The molecule has 2 rings (SSSR count). The molecule has 3 N–H and O–H groups in total. The monoisotopic (exact) mass is 264 g/mol. The Bertz CT molecular complexity index is 492. The van der Waals surface area contributed by atoms with Crippen LogP contribution in [0.5, 0.6) is 0 Å². The lowest BCUT2D eigenvalue weighted by Gasteiger charge is -2.33. The Morgan fingerprint density at radius 2 is 2.26 bits per heavy atom. The number of nitrogens with zero attached hydrogens (tertiary/aromatic N) is 3. The highest BCUT2D eigenvalue weighted by Gasteiger charge is 2.28. The molecule has 1 unspecified atom stereocenters. The lowest BCUT2D eigenvalue weighted by Crippen LogP contribution is -2.47. The van der Waals surface area contributed by atoms with Gasteiger partial charge in [0, 0.05) is 12.7 Å². The molecule has 19 heavy (non-hydrogen) atoms. The minimum absolute atomic E-state index is 0.0660. The first-order valence-corrected chi connectivity index (χ1v) is 6.15. The molecule has 1 saturated heterocycles. The summed E-state index contributed by atoms with van der Waals surface area (Å²) in [5.74, 6) is -1.44. The Balaban J connectivity index is 2.19. The van der Waals surface area contributed by atoms with Gasteiger partial charge in [-0.25, -0.2) is 14.8 Å². The molecule has 1 amide bonds. The lowest BCUT2D eigenvalue weighted by atomic mass is 10.0. The molecule has 7 heteroatoms. The third-order valence-electron chi connectivity index (χ3n) is 3.32. The number of carboxylic acid groups (broad SMARTS) is 1. The Morgan fingerprint density at radius 1 is 1.47 bits per heavy atom. The topological polar surface area (TPSA) is 109 Å². The predicted octanol–water partition coefficient (Wildman–Crippen LogP) is 0.0146. The number of carbonyl (C=O) groups excluding carboxylic acids is 1. The number of carboxylic acids is 1. The van der Waals surface area contributed by atoms with E-state index < -0.39 is 5.97 Å². The Kier molecular flexibility index (Phi) is 4.06. The van der Waals surface area contributed by atoms with Crippen LogP contribution in [0.15, 0.2) is 12.5 Å². The molecule has 0 spiro atoms. The van der Waals surface area contributed by atoms with Crippen molar-refractivity contribution in [1.29, 1.82) is 0 Å². The molecule has 0 bridgehead atoms. The number of carbonyl (C=O) groups is 2. The van der Waals surface area contributed by atoms with Crippen LogP contribution in [0.2, 0.25) is 0 Å². The smallest absolute Gasteiger partial charge is 0.339 e. The largest absolute Gasteiger partial charge is 0.478 e. The fourth-order valence-corrected chi connectivity index (χ4v) is 2.35. The molecule has 0 aromatic carbocycles. The third-order valence-corrected chi connectivity index (χ3v) is 3.32. The van der Waals surface area contributed by atoms with Crippen molar-refractivity contribution in [2.24, 2.45) is 5.73 Å². The van der Waals surface area contributed by atoms with Crippen molar-refractivity contribution in [3.8, 4) is 0 Å². The highest BCUT2D eigenvalue weighted by Crippen LogP contribution is 2.19. The fourth-order valence-electron chi connectivity index (χ4n) is 2.35. The van der Waals surface area contributed by atoms with Crippen LogP contribution >= 0.6 is 0 Å². The number of likely N-dealkylation sites (tertiary alicyclic amines) is 1. The van der Waals surface area contributed by atoms with Gasteiger partial charge in [0.2, 0.25) is 5.91 Å². The summed E-state index contributed by atoms with van der Waals surface area (Å²) in [5, 5.41) is 9.08. The van der Waals surface area contributed by atoms with Crippen LogP contribution in [-0.4, -0.2) is 44.4 Å². The van der Waals surface area contributed by atoms with Crippen LogP contribution in [0.4, 0.5) is 0 Å². The minimum atomic E-state index is -1.07. The maximum Gasteiger partial charge on any atom is 0.339 e. The van der Waals surface area contributed by atoms with Crippen LogP contribution < -0.4 is 5.73 Å². The van der Waals surface area contributed by atoms with Gasteiger partial charge in [0.05, 0.1) is 11.7 Å². The first-order chi connectivity index (χ1) is 9.09. The number of amides is 1. The number of hydrogen-bond donors (Lipinski definition) is 2. The quantitative estimate of drug-likeness (QED) is 0.793. The zero-order chi connectivity index (χ0) is 13.8. The molecule has 1 aromatic heterocycles. The number of hydrogen-bond acceptors (Lipinski definition) is 5. The molecule has 7 nitrogen and oxygen atoms in total. The molecule has 0 radical (unpaired) electrons. The van der Waals surface area contributed by atoms with Gasteiger partial charge in [-0.2, -0.15) is 0 Å². The van der Waals surface area contributed by atoms with E-state index in [0.717, 1.165) is 19.4 Å². The summed E-state index contributed by atoms with van der Waals surface area (Å²) in [5.41, 5.74) is 5.86. The van der Waals surface area contributed by atoms with E-state index in [1.807, 2.05) is 4.90 Å². The van der Waals surface area contributed by atoms with Gasteiger partial charge in [0.15, 0.2) is 0 Å². The number of aromatic carboxylic acids is 1. The second kappa shape index (κ2) is 5.75. The van der Waals surface area contributed by atoms with Crippen molar-refractivity contribution >= 4 is 11.9 Å². The molecule has 1 aliphatic rings. The summed E-state index contributed by atoms with van der Waals surface area (Å²) < 4.78 is 0. The predicted molar refractivity (Wildman–Crippen MR) is 66.2 cm³/mol. The number of nitrogens with two attached hydrogens (primary N) is 1. The summed E-state index contributed by atoms with van der Waals surface area (Å²) in [4.78, 5) is 32.1. The second-order valence-corrected chi connectivity index (χ2v) is 4.57. The van der Waals surface area contributed by atoms with Crippen molar-refractivity contribution in [3.63, 3.8) is 0 Å². The van der Waals surface area contributed by atoms with Crippen LogP contribution in [0.3, 0.4) is 0 Å². The van der Waals surface area contributed by atoms with E-state index in [0.29, 0.717) is 18.7 Å². The van der Waals surface area contributed by atoms with Gasteiger partial charge in [0.1, 0.15) is 11.9 Å². The van der Waals surface area contributed by atoms with Gasteiger partial charge in [-0.3, -0.25) is 9.69 Å². The number of aromatic nitrogens is 2. The molecule has 2 heterocycles. The van der Waals surface area contributed by atoms with E-state index in [1.165, 1.54) is 12.5 Å². The average molecular weight is 264 g/mol. The number of rotatable bonds is 4. The first-order valence-electron chi connectivity index (χ1n) is 6.15. The molecule has 0 aliphatic carbocycles. The van der Waals surface area contributed by atoms with Crippen LogP contribution in [-0.2, 0) is 11.3 Å². The van der Waals surface area contributed by atoms with E-state index in [2.05, 4.69) is 9.97 Å². The van der Waals surface area contributed by atoms with Crippen molar-refractivity contribution in [2.75, 3.05) is 6.54 Å². The fraction of sp³-hybridized carbons (Fsp3) is 0.500. The van der Waals surface area contributed by atoms with Gasteiger partial charge in [-0.1, -0.05) is 6.42 Å². The molecule has 102 valence electrons. The van der Waals surface area contributed by atoms with Gasteiger partial charge in [-0.15, -0.1) is 0 Å². The van der Waals surface area contributed by atoms with E-state index >= 15 is 0 Å². The van der Waals surface area contributed by atoms with Crippen LogP contribution in [0, 0.1) is 0 Å². The Hall–Kier alpha value is -2.02. The van der Waals surface area contributed by atoms with Crippen molar-refractivity contribution in [1.82, 2.24) is 14.9 Å². The molecular formula is C12H16N4O3. The summed E-state index contributed by atoms with van der Waals surface area (Å²) in [6, 6.07) is -0.342. The first kappa shape index (κ1) is 13.4. The number of primary amides is 1. The van der Waals surface area contributed by atoms with E-state index in [9.17, 15) is 9.59 Å². The maximum atomic E-state index is 11.4. The van der Waals surface area contributed by atoms with Gasteiger partial charge in [0.25, 0.3) is 0 Å². The Morgan fingerprint density at radius 3 is 2.95 bits per heavy atom. The number of piperidine rings is 1. The molecule has 1 fully saturated rings. The molecule has 1 aliphatic heterocycles. The van der Waals surface area contributed by atoms with Crippen LogP contribution in [0.1, 0.15) is 35.3 Å². The maximum absolute atomic E-state index is 11.4. The molecule has 0 saturated carbocycles. The van der Waals surface area contributed by atoms with Crippen molar-refractivity contribution < 1.29 is 14.7 Å². The summed E-state index contributed by atoms with van der Waals surface area (Å²) >= 11 is 0. The molecule has 1 aromatic rings. The van der Waals surface area contributed by atoms with E-state index in [-0.39, 0.29) is 17.5 Å². The molecular weight excluding hydrogens is 248 g/mol. The Labute approximate surface area is 110 Å². The van der Waals surface area contributed by atoms with Gasteiger partial charge in [-0.05, 0) is 19.4 Å². The SMILES string of the molecule is NC(=O)C1CCCCN1Cc1ncncc1C(=O)O. The molecule has 1 atom stereocenters. The van der Waals surface area contributed by atoms with Crippen molar-refractivity contribution in [2.45, 2.75) is 31.8 Å². The summed E-state index contributed by atoms with van der Waals surface area (Å²) in [7, 11) is 0. The third kappa shape index (κ3) is 3.05. The summed E-state index contributed by atoms with van der Waals surface area (Å²) in [6.07, 6.45) is 5.22. The summed E-state index contributed by atoms with van der Waals surface area (Å²) in [6.45, 7) is 1.02. The standard InChI is InChI=1S/C12H16N4O3/c13-11(17)10-3-1-2-4-16(10)6-9-8(12(18)19)5-14-7-15-9/h5,7,10H,1-4,6H2,(H2,13,17)(H,18,19). The average Bonchev–Trinajstić information content (AvgIpc) is 2.39. The normalized spacial score (nSPS) is 20.1. The van der Waals surface area contributed by atoms with Crippen LogP contribution in [0.25, 0.3) is 0 Å². The zero-order valence-corrected chi connectivity index (χ0v) is 10.5. The van der Waals surface area contributed by atoms with E-state index in [4.69, 9.17) is 10.8 Å². The zero-order valence-electron chi connectivity index (χ0n) is 10.5. The highest BCUT2D eigenvalue weighted by molar-refractivity contribution is 5.88. The highest BCUT2D eigenvalue weighted by atomic mass is 16.4. The minimum Gasteiger partial charge on any atom is -0.478 e. The van der Waals surface area contributed by atoms with Gasteiger partial charge < -0.3 is 10.8 Å². The van der Waals surface area contributed by atoms with E-state index in [1.54, 1.807) is 0 Å². The lowest BCUT2D eigenvalue weighted by molar-refractivity contribution is -0.124. The van der Waals surface area contributed by atoms with Crippen molar-refractivity contribution in [3.05, 3.63) is 23.8 Å².